The molecule has 0 spiro atoms. The van der Waals surface area contributed by atoms with Crippen molar-refractivity contribution in [1.29, 1.82) is 0 Å². The Morgan fingerprint density at radius 2 is 1.42 bits per heavy atom. The first-order valence-electron chi connectivity index (χ1n) is 6.78. The third kappa shape index (κ3) is 3.94. The first-order chi connectivity index (χ1) is 9.08. The van der Waals surface area contributed by atoms with Gasteiger partial charge in [0.15, 0.2) is 0 Å². The molecule has 2 aromatic carbocycles. The zero-order chi connectivity index (χ0) is 13.8. The minimum Gasteiger partial charge on any atom is -0.0921 e. The minimum absolute atomic E-state index is 0.543. The molecule has 0 aromatic heterocycles. The standard InChI is InChI=1S/C18H21Br/c1-13-4-6-17(7-5-13)18(12-19)11-16-9-14(2)8-15(3)10-16/h4-10,18H,11-12H2,1-3H3. The second-order valence-electron chi connectivity index (χ2n) is 5.46. The molecule has 0 fully saturated rings. The summed E-state index contributed by atoms with van der Waals surface area (Å²) in [7, 11) is 0. The smallest absolute Gasteiger partial charge is 0.0103 e. The van der Waals surface area contributed by atoms with Crippen LogP contribution in [-0.4, -0.2) is 5.33 Å². The van der Waals surface area contributed by atoms with E-state index in [-0.39, 0.29) is 0 Å². The molecule has 0 heterocycles. The van der Waals surface area contributed by atoms with Gasteiger partial charge in [-0.3, -0.25) is 0 Å². The average molecular weight is 317 g/mol. The van der Waals surface area contributed by atoms with E-state index in [1.165, 1.54) is 27.8 Å². The molecule has 1 atom stereocenters. The number of halogens is 1. The van der Waals surface area contributed by atoms with Gasteiger partial charge in [-0.25, -0.2) is 0 Å². The molecule has 19 heavy (non-hydrogen) atoms. The Morgan fingerprint density at radius 1 is 0.842 bits per heavy atom. The maximum Gasteiger partial charge on any atom is 0.0103 e. The van der Waals surface area contributed by atoms with E-state index in [9.17, 15) is 0 Å². The van der Waals surface area contributed by atoms with Gasteiger partial charge in [0.2, 0.25) is 0 Å². The molecular weight excluding hydrogens is 296 g/mol. The summed E-state index contributed by atoms with van der Waals surface area (Å²) < 4.78 is 0. The molecule has 0 aliphatic heterocycles. The predicted molar refractivity (Wildman–Crippen MR) is 87.3 cm³/mol. The van der Waals surface area contributed by atoms with E-state index in [1.54, 1.807) is 0 Å². The lowest BCUT2D eigenvalue weighted by molar-refractivity contribution is 0.774. The van der Waals surface area contributed by atoms with Crippen molar-refractivity contribution in [3.63, 3.8) is 0 Å². The molecule has 2 aromatic rings. The fraction of sp³-hybridized carbons (Fsp3) is 0.333. The van der Waals surface area contributed by atoms with Crippen molar-refractivity contribution in [3.8, 4) is 0 Å². The zero-order valence-corrected chi connectivity index (χ0v) is 13.5. The predicted octanol–water partition coefficient (Wildman–Crippen LogP) is 5.33. The van der Waals surface area contributed by atoms with E-state index in [4.69, 9.17) is 0 Å². The lowest BCUT2D eigenvalue weighted by atomic mass is 9.92. The minimum atomic E-state index is 0.543. The second-order valence-corrected chi connectivity index (χ2v) is 6.11. The molecule has 0 saturated heterocycles. The Hall–Kier alpha value is -1.08. The Labute approximate surface area is 125 Å². The van der Waals surface area contributed by atoms with E-state index in [2.05, 4.69) is 79.2 Å². The van der Waals surface area contributed by atoms with Crippen LogP contribution in [0.4, 0.5) is 0 Å². The molecule has 0 aliphatic rings. The van der Waals surface area contributed by atoms with Crippen LogP contribution in [0.1, 0.15) is 33.7 Å². The van der Waals surface area contributed by atoms with Crippen LogP contribution in [0.15, 0.2) is 42.5 Å². The van der Waals surface area contributed by atoms with Crippen LogP contribution in [0.3, 0.4) is 0 Å². The van der Waals surface area contributed by atoms with E-state index in [0.29, 0.717) is 5.92 Å². The van der Waals surface area contributed by atoms with Gasteiger partial charge in [-0.1, -0.05) is 75.1 Å². The summed E-state index contributed by atoms with van der Waals surface area (Å²) in [6.45, 7) is 6.48. The largest absolute Gasteiger partial charge is 0.0921 e. The normalized spacial score (nSPS) is 12.4. The molecule has 0 saturated carbocycles. The molecule has 0 amide bonds. The second kappa shape index (κ2) is 6.38. The van der Waals surface area contributed by atoms with Gasteiger partial charge in [-0.05, 0) is 44.2 Å². The van der Waals surface area contributed by atoms with Crippen LogP contribution in [0, 0.1) is 20.8 Å². The van der Waals surface area contributed by atoms with Crippen LogP contribution in [0.2, 0.25) is 0 Å². The quantitative estimate of drug-likeness (QED) is 0.668. The Balaban J connectivity index is 2.21. The van der Waals surface area contributed by atoms with Gasteiger partial charge in [0, 0.05) is 5.33 Å². The van der Waals surface area contributed by atoms with Gasteiger partial charge in [0.05, 0.1) is 0 Å². The zero-order valence-electron chi connectivity index (χ0n) is 11.9. The molecule has 0 radical (unpaired) electrons. The van der Waals surface area contributed by atoms with Crippen LogP contribution < -0.4 is 0 Å². The van der Waals surface area contributed by atoms with E-state index < -0.39 is 0 Å². The maximum atomic E-state index is 3.67. The average Bonchev–Trinajstić information content (AvgIpc) is 2.36. The summed E-state index contributed by atoms with van der Waals surface area (Å²) in [5, 5.41) is 1.00. The van der Waals surface area contributed by atoms with Gasteiger partial charge < -0.3 is 0 Å². The lowest BCUT2D eigenvalue weighted by Crippen LogP contribution is -2.05. The van der Waals surface area contributed by atoms with Crippen LogP contribution in [0.5, 0.6) is 0 Å². The number of aryl methyl sites for hydroxylation is 3. The third-order valence-corrected chi connectivity index (χ3v) is 4.28. The monoisotopic (exact) mass is 316 g/mol. The van der Waals surface area contributed by atoms with Crippen LogP contribution in [0.25, 0.3) is 0 Å². The van der Waals surface area contributed by atoms with Crippen molar-refractivity contribution >= 4 is 15.9 Å². The van der Waals surface area contributed by atoms with Gasteiger partial charge >= 0.3 is 0 Å². The van der Waals surface area contributed by atoms with E-state index >= 15 is 0 Å². The van der Waals surface area contributed by atoms with Crippen molar-refractivity contribution in [2.24, 2.45) is 0 Å². The summed E-state index contributed by atoms with van der Waals surface area (Å²) in [6, 6.07) is 15.7. The van der Waals surface area contributed by atoms with Crippen molar-refractivity contribution in [1.82, 2.24) is 0 Å². The Kier molecular flexibility index (Phi) is 4.81. The molecule has 1 heteroatoms. The number of benzene rings is 2. The third-order valence-electron chi connectivity index (χ3n) is 3.50. The Bertz CT molecular complexity index is 520. The molecule has 0 nitrogen and oxygen atoms in total. The topological polar surface area (TPSA) is 0 Å². The van der Waals surface area contributed by atoms with Gasteiger partial charge in [0.1, 0.15) is 0 Å². The Morgan fingerprint density at radius 3 is 1.95 bits per heavy atom. The molecule has 2 rings (SSSR count). The van der Waals surface area contributed by atoms with E-state index in [1.807, 2.05) is 0 Å². The first-order valence-corrected chi connectivity index (χ1v) is 7.90. The molecule has 1 unspecified atom stereocenters. The number of hydrogen-bond acceptors (Lipinski definition) is 0. The highest BCUT2D eigenvalue weighted by molar-refractivity contribution is 9.09. The molecular formula is C18H21Br. The molecule has 100 valence electrons. The maximum absolute atomic E-state index is 3.67. The summed E-state index contributed by atoms with van der Waals surface area (Å²) in [6.07, 6.45) is 1.09. The summed E-state index contributed by atoms with van der Waals surface area (Å²) >= 11 is 3.67. The van der Waals surface area contributed by atoms with Crippen molar-refractivity contribution < 1.29 is 0 Å². The SMILES string of the molecule is Cc1ccc(C(CBr)Cc2cc(C)cc(C)c2)cc1. The number of hydrogen-bond donors (Lipinski definition) is 0. The molecule has 0 aliphatic carbocycles. The fourth-order valence-corrected chi connectivity index (χ4v) is 3.17. The van der Waals surface area contributed by atoms with Crippen molar-refractivity contribution in [3.05, 3.63) is 70.3 Å². The van der Waals surface area contributed by atoms with Gasteiger partial charge in [-0.15, -0.1) is 0 Å². The highest BCUT2D eigenvalue weighted by atomic mass is 79.9. The number of alkyl halides is 1. The molecule has 0 bridgehead atoms. The fourth-order valence-electron chi connectivity index (χ4n) is 2.57. The number of rotatable bonds is 4. The summed E-state index contributed by atoms with van der Waals surface area (Å²) in [4.78, 5) is 0. The molecule has 0 N–H and O–H groups in total. The van der Waals surface area contributed by atoms with E-state index in [0.717, 1.165) is 11.8 Å². The van der Waals surface area contributed by atoms with Gasteiger partial charge in [0.25, 0.3) is 0 Å². The highest BCUT2D eigenvalue weighted by Crippen LogP contribution is 2.24. The van der Waals surface area contributed by atoms with Crippen molar-refractivity contribution in [2.45, 2.75) is 33.1 Å². The summed E-state index contributed by atoms with van der Waals surface area (Å²) in [5.74, 6) is 0.543. The van der Waals surface area contributed by atoms with Crippen molar-refractivity contribution in [2.75, 3.05) is 5.33 Å². The first kappa shape index (κ1) is 14.3. The highest BCUT2D eigenvalue weighted by Gasteiger charge is 2.11. The van der Waals surface area contributed by atoms with Crippen LogP contribution in [-0.2, 0) is 6.42 Å². The van der Waals surface area contributed by atoms with Crippen LogP contribution >= 0.6 is 15.9 Å². The lowest BCUT2D eigenvalue weighted by Gasteiger charge is -2.16. The van der Waals surface area contributed by atoms with Gasteiger partial charge in [-0.2, -0.15) is 0 Å². The summed E-state index contributed by atoms with van der Waals surface area (Å²) in [5.41, 5.74) is 6.88.